The van der Waals surface area contributed by atoms with Crippen molar-refractivity contribution in [2.45, 2.75) is 0 Å². The van der Waals surface area contributed by atoms with E-state index in [2.05, 4.69) is 6.58 Å². The lowest BCUT2D eigenvalue weighted by Crippen LogP contribution is -2.35. The molecule has 0 atom stereocenters. The zero-order valence-electron chi connectivity index (χ0n) is 10.9. The molecule has 19 heavy (non-hydrogen) atoms. The van der Waals surface area contributed by atoms with Gasteiger partial charge in [0.15, 0.2) is 11.5 Å². The van der Waals surface area contributed by atoms with Crippen LogP contribution in [-0.4, -0.2) is 33.1 Å². The number of hydrogen-bond donors (Lipinski definition) is 0. The number of amides is 1. The summed E-state index contributed by atoms with van der Waals surface area (Å²) in [4.78, 5) is 24.9. The molecule has 100 valence electrons. The second-order valence-electron chi connectivity index (χ2n) is 3.90. The molecular formula is C13H13NO5. The molecule has 1 aliphatic rings. The third kappa shape index (κ3) is 2.01. The zero-order chi connectivity index (χ0) is 14.2. The van der Waals surface area contributed by atoms with Crippen molar-refractivity contribution >= 4 is 17.6 Å². The molecule has 0 N–H and O–H groups in total. The number of ether oxygens (including phenoxy) is 3. The van der Waals surface area contributed by atoms with Crippen molar-refractivity contribution < 1.29 is 23.8 Å². The van der Waals surface area contributed by atoms with E-state index in [1.165, 1.54) is 32.2 Å². The molecule has 0 aliphatic carbocycles. The van der Waals surface area contributed by atoms with E-state index < -0.39 is 11.9 Å². The molecule has 1 aromatic rings. The summed E-state index contributed by atoms with van der Waals surface area (Å²) >= 11 is 0. The molecule has 6 heteroatoms. The predicted molar refractivity (Wildman–Crippen MR) is 67.5 cm³/mol. The summed E-state index contributed by atoms with van der Waals surface area (Å²) in [7, 11) is 4.27. The highest BCUT2D eigenvalue weighted by Gasteiger charge is 2.31. The molecule has 0 fully saturated rings. The van der Waals surface area contributed by atoms with Gasteiger partial charge in [0.2, 0.25) is 0 Å². The number of anilines is 1. The van der Waals surface area contributed by atoms with E-state index in [-0.39, 0.29) is 11.3 Å². The van der Waals surface area contributed by atoms with Gasteiger partial charge in [0.05, 0.1) is 19.8 Å². The van der Waals surface area contributed by atoms with Crippen LogP contribution in [0.4, 0.5) is 5.69 Å². The Kier molecular flexibility index (Phi) is 3.16. The Morgan fingerprint density at radius 2 is 2.05 bits per heavy atom. The highest BCUT2D eigenvalue weighted by atomic mass is 16.5. The summed E-state index contributed by atoms with van der Waals surface area (Å²) in [5.41, 5.74) is 0.533. The van der Waals surface area contributed by atoms with E-state index in [1.54, 1.807) is 6.07 Å². The van der Waals surface area contributed by atoms with Gasteiger partial charge in [-0.2, -0.15) is 0 Å². The van der Waals surface area contributed by atoms with E-state index in [0.717, 1.165) is 0 Å². The van der Waals surface area contributed by atoms with E-state index in [9.17, 15) is 9.59 Å². The van der Waals surface area contributed by atoms with Crippen LogP contribution in [0.25, 0.3) is 0 Å². The Bertz CT molecular complexity index is 579. The molecule has 1 aromatic carbocycles. The van der Waals surface area contributed by atoms with Gasteiger partial charge in [0, 0.05) is 13.1 Å². The molecule has 0 saturated heterocycles. The molecule has 1 aliphatic heterocycles. The van der Waals surface area contributed by atoms with Crippen LogP contribution < -0.4 is 14.4 Å². The predicted octanol–water partition coefficient (Wildman–Crippen LogP) is 1.35. The lowest BCUT2D eigenvalue weighted by atomic mass is 10.1. The number of nitrogens with zero attached hydrogens (tertiary/aromatic N) is 1. The standard InChI is InChI=1S/C13H13NO5/c1-7-12(15)14(2)11-9(13(16)18-4)5-8(17-3)6-10(11)19-7/h5-6H,1H2,2-4H3. The van der Waals surface area contributed by atoms with Crippen molar-refractivity contribution in [2.24, 2.45) is 0 Å². The number of methoxy groups -OCH3 is 2. The molecule has 2 rings (SSSR count). The second-order valence-corrected chi connectivity index (χ2v) is 3.90. The number of likely N-dealkylation sites (N-methyl/N-ethyl adjacent to an activating group) is 1. The molecule has 0 unspecified atom stereocenters. The Morgan fingerprint density at radius 3 is 2.63 bits per heavy atom. The average molecular weight is 263 g/mol. The maximum atomic E-state index is 11.8. The van der Waals surface area contributed by atoms with Gasteiger partial charge in [-0.3, -0.25) is 4.79 Å². The summed E-state index contributed by atoms with van der Waals surface area (Å²) in [6.07, 6.45) is 0. The van der Waals surface area contributed by atoms with Crippen LogP contribution in [0.1, 0.15) is 10.4 Å². The molecule has 0 bridgehead atoms. The smallest absolute Gasteiger partial charge is 0.340 e. The lowest BCUT2D eigenvalue weighted by Gasteiger charge is -2.28. The number of carbonyl (C=O) groups excluding carboxylic acids is 2. The third-order valence-electron chi connectivity index (χ3n) is 2.80. The fourth-order valence-electron chi connectivity index (χ4n) is 1.85. The summed E-state index contributed by atoms with van der Waals surface area (Å²) in [5.74, 6) is -0.255. The Hall–Kier alpha value is -2.50. The minimum Gasteiger partial charge on any atom is -0.497 e. The fourth-order valence-corrected chi connectivity index (χ4v) is 1.85. The number of rotatable bonds is 2. The van der Waals surface area contributed by atoms with Crippen molar-refractivity contribution in [3.05, 3.63) is 30.0 Å². The normalized spacial score (nSPS) is 13.7. The molecular weight excluding hydrogens is 250 g/mol. The minimum atomic E-state index is -0.578. The molecule has 0 radical (unpaired) electrons. The SMILES string of the molecule is C=C1Oc2cc(OC)cc(C(=O)OC)c2N(C)C1=O. The quantitative estimate of drug-likeness (QED) is 0.595. The first-order valence-corrected chi connectivity index (χ1v) is 5.44. The molecule has 0 aromatic heterocycles. The minimum absolute atomic E-state index is 0.0148. The average Bonchev–Trinajstić information content (AvgIpc) is 2.42. The van der Waals surface area contributed by atoms with Crippen LogP contribution in [0.5, 0.6) is 11.5 Å². The lowest BCUT2D eigenvalue weighted by molar-refractivity contribution is -0.117. The van der Waals surface area contributed by atoms with Crippen LogP contribution in [0.3, 0.4) is 0 Å². The van der Waals surface area contributed by atoms with Gasteiger partial charge in [-0.1, -0.05) is 6.58 Å². The number of carbonyl (C=O) groups is 2. The Balaban J connectivity index is 2.68. The van der Waals surface area contributed by atoms with E-state index in [1.807, 2.05) is 0 Å². The Labute approximate surface area is 110 Å². The van der Waals surface area contributed by atoms with Crippen LogP contribution in [0, 0.1) is 0 Å². The second kappa shape index (κ2) is 4.64. The van der Waals surface area contributed by atoms with Crippen molar-refractivity contribution in [1.82, 2.24) is 0 Å². The number of fused-ring (bicyclic) bond motifs is 1. The molecule has 0 spiro atoms. The van der Waals surface area contributed by atoms with Crippen molar-refractivity contribution in [3.63, 3.8) is 0 Å². The third-order valence-corrected chi connectivity index (χ3v) is 2.80. The highest BCUT2D eigenvalue weighted by molar-refractivity contribution is 6.11. The van der Waals surface area contributed by atoms with Crippen molar-refractivity contribution in [3.8, 4) is 11.5 Å². The zero-order valence-corrected chi connectivity index (χ0v) is 10.9. The van der Waals surface area contributed by atoms with E-state index >= 15 is 0 Å². The van der Waals surface area contributed by atoms with Gasteiger partial charge in [0.25, 0.3) is 5.91 Å². The van der Waals surface area contributed by atoms with Gasteiger partial charge in [0.1, 0.15) is 11.4 Å². The first kappa shape index (κ1) is 12.9. The number of esters is 1. The van der Waals surface area contributed by atoms with E-state index in [0.29, 0.717) is 17.2 Å². The van der Waals surface area contributed by atoms with Gasteiger partial charge in [-0.05, 0) is 6.07 Å². The maximum absolute atomic E-state index is 11.8. The van der Waals surface area contributed by atoms with Crippen LogP contribution in [0.2, 0.25) is 0 Å². The van der Waals surface area contributed by atoms with Crippen LogP contribution >= 0.6 is 0 Å². The van der Waals surface area contributed by atoms with Crippen LogP contribution in [0.15, 0.2) is 24.5 Å². The van der Waals surface area contributed by atoms with Gasteiger partial charge in [-0.25, -0.2) is 4.79 Å². The molecule has 0 saturated carbocycles. The molecule has 6 nitrogen and oxygen atoms in total. The Morgan fingerprint density at radius 1 is 1.37 bits per heavy atom. The first-order chi connectivity index (χ1) is 8.99. The number of hydrogen-bond acceptors (Lipinski definition) is 5. The highest BCUT2D eigenvalue weighted by Crippen LogP contribution is 2.40. The topological polar surface area (TPSA) is 65.1 Å². The fraction of sp³-hybridized carbons (Fsp3) is 0.231. The molecule has 1 heterocycles. The van der Waals surface area contributed by atoms with E-state index in [4.69, 9.17) is 14.2 Å². The summed E-state index contributed by atoms with van der Waals surface area (Å²) < 4.78 is 15.1. The first-order valence-electron chi connectivity index (χ1n) is 5.44. The summed E-state index contributed by atoms with van der Waals surface area (Å²) in [6.45, 7) is 3.52. The van der Waals surface area contributed by atoms with Crippen LogP contribution in [-0.2, 0) is 9.53 Å². The summed E-state index contributed by atoms with van der Waals surface area (Å²) in [6, 6.07) is 3.07. The monoisotopic (exact) mass is 263 g/mol. The number of benzene rings is 1. The largest absolute Gasteiger partial charge is 0.497 e. The van der Waals surface area contributed by atoms with Gasteiger partial charge >= 0.3 is 5.97 Å². The van der Waals surface area contributed by atoms with Gasteiger partial charge < -0.3 is 19.1 Å². The molecule has 1 amide bonds. The van der Waals surface area contributed by atoms with Crippen molar-refractivity contribution in [2.75, 3.05) is 26.2 Å². The maximum Gasteiger partial charge on any atom is 0.340 e. The van der Waals surface area contributed by atoms with Gasteiger partial charge in [-0.15, -0.1) is 0 Å². The van der Waals surface area contributed by atoms with Crippen molar-refractivity contribution in [1.29, 1.82) is 0 Å². The summed E-state index contributed by atoms with van der Waals surface area (Å²) in [5, 5.41) is 0.